The first kappa shape index (κ1) is 11.8. The van der Waals surface area contributed by atoms with Gasteiger partial charge in [0.15, 0.2) is 0 Å². The molecule has 0 spiro atoms. The van der Waals surface area contributed by atoms with Crippen molar-refractivity contribution in [2.24, 2.45) is 0 Å². The van der Waals surface area contributed by atoms with Crippen LogP contribution in [0.3, 0.4) is 0 Å². The first-order chi connectivity index (χ1) is 6.93. The highest BCUT2D eigenvalue weighted by atomic mass is 79.9. The number of carboxylic acid groups (broad SMARTS) is 1. The normalized spacial score (nSPS) is 10.4. The van der Waals surface area contributed by atoms with Gasteiger partial charge in [-0.2, -0.15) is 0 Å². The molecule has 0 aliphatic rings. The van der Waals surface area contributed by atoms with Crippen LogP contribution >= 0.6 is 15.9 Å². The van der Waals surface area contributed by atoms with E-state index in [1.165, 1.54) is 6.07 Å². The average molecular weight is 279 g/mol. The number of ketones is 1. The van der Waals surface area contributed by atoms with E-state index in [1.807, 2.05) is 0 Å². The number of rotatable bonds is 3. The third kappa shape index (κ3) is 2.59. The fourth-order valence-corrected chi connectivity index (χ4v) is 1.39. The van der Waals surface area contributed by atoms with E-state index >= 15 is 0 Å². The Morgan fingerprint density at radius 2 is 1.87 bits per heavy atom. The van der Waals surface area contributed by atoms with Gasteiger partial charge in [0.25, 0.3) is 0 Å². The SMILES string of the molecule is O=C(O)c1ccc(Br)cc1C(=O)C(F)F. The number of hydrogen-bond donors (Lipinski definition) is 1. The fraction of sp³-hybridized carbons (Fsp3) is 0.111. The van der Waals surface area contributed by atoms with Crippen molar-refractivity contribution in [1.29, 1.82) is 0 Å². The zero-order valence-electron chi connectivity index (χ0n) is 7.21. The Bertz CT molecular complexity index is 418. The summed E-state index contributed by atoms with van der Waals surface area (Å²) in [5.41, 5.74) is -0.921. The molecule has 0 unspecified atom stereocenters. The molecule has 6 heteroatoms. The molecule has 0 atom stereocenters. The van der Waals surface area contributed by atoms with E-state index in [0.29, 0.717) is 4.47 Å². The number of aromatic carboxylic acids is 1. The molecule has 0 saturated heterocycles. The van der Waals surface area contributed by atoms with E-state index in [-0.39, 0.29) is 0 Å². The molecule has 1 aromatic rings. The van der Waals surface area contributed by atoms with Crippen LogP contribution in [-0.4, -0.2) is 23.3 Å². The smallest absolute Gasteiger partial charge is 0.336 e. The van der Waals surface area contributed by atoms with E-state index in [9.17, 15) is 18.4 Å². The standard InChI is InChI=1S/C9H5BrF2O3/c10-4-1-2-5(9(14)15)6(3-4)7(13)8(11)12/h1-3,8H,(H,14,15). The van der Waals surface area contributed by atoms with Crippen LogP contribution in [0.2, 0.25) is 0 Å². The second-order valence-corrected chi connectivity index (χ2v) is 3.58. The van der Waals surface area contributed by atoms with Gasteiger partial charge in [0.2, 0.25) is 5.78 Å². The molecule has 1 aromatic carbocycles. The highest BCUT2D eigenvalue weighted by Crippen LogP contribution is 2.19. The molecular formula is C9H5BrF2O3. The summed E-state index contributed by atoms with van der Waals surface area (Å²) in [5.74, 6) is -2.90. The Balaban J connectivity index is 3.30. The first-order valence-electron chi connectivity index (χ1n) is 3.78. The van der Waals surface area contributed by atoms with Crippen LogP contribution in [0.15, 0.2) is 22.7 Å². The summed E-state index contributed by atoms with van der Waals surface area (Å²) in [4.78, 5) is 21.6. The lowest BCUT2D eigenvalue weighted by atomic mass is 10.0. The summed E-state index contributed by atoms with van der Waals surface area (Å²) in [5, 5.41) is 8.67. The predicted molar refractivity (Wildman–Crippen MR) is 51.4 cm³/mol. The van der Waals surface area contributed by atoms with Gasteiger partial charge in [0.1, 0.15) is 0 Å². The molecule has 15 heavy (non-hydrogen) atoms. The van der Waals surface area contributed by atoms with Crippen LogP contribution in [0, 0.1) is 0 Å². The van der Waals surface area contributed by atoms with Crippen LogP contribution < -0.4 is 0 Å². The van der Waals surface area contributed by atoms with Gasteiger partial charge in [-0.15, -0.1) is 0 Å². The third-order valence-corrected chi connectivity index (χ3v) is 2.17. The highest BCUT2D eigenvalue weighted by molar-refractivity contribution is 9.10. The Hall–Kier alpha value is -1.30. The quantitative estimate of drug-likeness (QED) is 0.865. The summed E-state index contributed by atoms with van der Waals surface area (Å²) in [7, 11) is 0. The molecule has 0 bridgehead atoms. The maximum absolute atomic E-state index is 12.1. The largest absolute Gasteiger partial charge is 0.478 e. The molecule has 1 rings (SSSR count). The van der Waals surface area contributed by atoms with E-state index < -0.39 is 29.3 Å². The maximum Gasteiger partial charge on any atom is 0.336 e. The maximum atomic E-state index is 12.1. The first-order valence-corrected chi connectivity index (χ1v) is 4.58. The van der Waals surface area contributed by atoms with Gasteiger partial charge in [-0.05, 0) is 18.2 Å². The minimum absolute atomic E-state index is 0.372. The van der Waals surface area contributed by atoms with Crippen LogP contribution in [0.1, 0.15) is 20.7 Å². The number of benzene rings is 1. The Morgan fingerprint density at radius 1 is 1.27 bits per heavy atom. The number of carboxylic acids is 1. The molecule has 0 amide bonds. The van der Waals surface area contributed by atoms with E-state index in [2.05, 4.69) is 15.9 Å². The van der Waals surface area contributed by atoms with E-state index in [4.69, 9.17) is 5.11 Å². The summed E-state index contributed by atoms with van der Waals surface area (Å²) >= 11 is 2.97. The Kier molecular flexibility index (Phi) is 3.52. The van der Waals surface area contributed by atoms with Crippen LogP contribution in [0.5, 0.6) is 0 Å². The average Bonchev–Trinajstić information content (AvgIpc) is 2.15. The number of alkyl halides is 2. The summed E-state index contributed by atoms with van der Waals surface area (Å²) in [6, 6.07) is 3.53. The van der Waals surface area contributed by atoms with Crippen molar-refractivity contribution in [2.45, 2.75) is 6.43 Å². The highest BCUT2D eigenvalue weighted by Gasteiger charge is 2.23. The molecule has 0 aromatic heterocycles. The van der Waals surface area contributed by atoms with Gasteiger partial charge in [0.05, 0.1) is 5.56 Å². The second-order valence-electron chi connectivity index (χ2n) is 2.66. The summed E-state index contributed by atoms with van der Waals surface area (Å²) in [6.07, 6.45) is -3.21. The van der Waals surface area contributed by atoms with Crippen LogP contribution in [-0.2, 0) is 0 Å². The fourth-order valence-electron chi connectivity index (χ4n) is 1.02. The number of hydrogen-bond acceptors (Lipinski definition) is 2. The van der Waals surface area contributed by atoms with Gasteiger partial charge < -0.3 is 5.11 Å². The van der Waals surface area contributed by atoms with Crippen molar-refractivity contribution in [2.75, 3.05) is 0 Å². The van der Waals surface area contributed by atoms with Crippen molar-refractivity contribution in [3.63, 3.8) is 0 Å². The number of halogens is 3. The number of carbonyl (C=O) groups is 2. The van der Waals surface area contributed by atoms with Gasteiger partial charge in [0, 0.05) is 10.0 Å². The molecule has 0 aliphatic heterocycles. The van der Waals surface area contributed by atoms with Crippen molar-refractivity contribution >= 4 is 27.7 Å². The molecule has 0 aliphatic carbocycles. The predicted octanol–water partition coefficient (Wildman–Crippen LogP) is 2.60. The third-order valence-electron chi connectivity index (χ3n) is 1.68. The van der Waals surface area contributed by atoms with Crippen molar-refractivity contribution < 1.29 is 23.5 Å². The molecule has 0 saturated carbocycles. The zero-order chi connectivity index (χ0) is 11.6. The molecule has 0 radical (unpaired) electrons. The lowest BCUT2D eigenvalue weighted by Crippen LogP contribution is -2.15. The van der Waals surface area contributed by atoms with Crippen molar-refractivity contribution in [3.8, 4) is 0 Å². The Morgan fingerprint density at radius 3 is 2.33 bits per heavy atom. The van der Waals surface area contributed by atoms with E-state index in [0.717, 1.165) is 12.1 Å². The minimum Gasteiger partial charge on any atom is -0.478 e. The number of Topliss-reactive ketones (excluding diaryl/α,β-unsaturated/α-hetero) is 1. The summed E-state index contributed by atoms with van der Waals surface area (Å²) < 4.78 is 24.6. The van der Waals surface area contributed by atoms with Gasteiger partial charge in [-0.25, -0.2) is 13.6 Å². The monoisotopic (exact) mass is 278 g/mol. The van der Waals surface area contributed by atoms with Gasteiger partial charge in [-0.3, -0.25) is 4.79 Å². The minimum atomic E-state index is -3.21. The topological polar surface area (TPSA) is 54.4 Å². The lowest BCUT2D eigenvalue weighted by molar-refractivity contribution is 0.0649. The molecule has 80 valence electrons. The zero-order valence-corrected chi connectivity index (χ0v) is 8.79. The molecule has 0 heterocycles. The Labute approximate surface area is 91.8 Å². The molecule has 1 N–H and O–H groups in total. The van der Waals surface area contributed by atoms with Crippen molar-refractivity contribution in [1.82, 2.24) is 0 Å². The second kappa shape index (κ2) is 4.48. The van der Waals surface area contributed by atoms with Gasteiger partial charge in [-0.1, -0.05) is 15.9 Å². The van der Waals surface area contributed by atoms with E-state index in [1.54, 1.807) is 0 Å². The number of carbonyl (C=O) groups excluding carboxylic acids is 1. The van der Waals surface area contributed by atoms with Crippen LogP contribution in [0.25, 0.3) is 0 Å². The van der Waals surface area contributed by atoms with Gasteiger partial charge >= 0.3 is 12.4 Å². The van der Waals surface area contributed by atoms with Crippen LogP contribution in [0.4, 0.5) is 8.78 Å². The summed E-state index contributed by atoms with van der Waals surface area (Å²) in [6.45, 7) is 0. The molecule has 3 nitrogen and oxygen atoms in total. The van der Waals surface area contributed by atoms with Crippen molar-refractivity contribution in [3.05, 3.63) is 33.8 Å². The molecule has 0 fully saturated rings. The lowest BCUT2D eigenvalue weighted by Gasteiger charge is -2.04. The molecular weight excluding hydrogens is 274 g/mol.